The van der Waals surface area contributed by atoms with Gasteiger partial charge in [0.2, 0.25) is 0 Å². The van der Waals surface area contributed by atoms with Gasteiger partial charge in [-0.05, 0) is 112 Å². The molecule has 4 aliphatic carbocycles. The number of ketones is 1. The van der Waals surface area contributed by atoms with Crippen LogP contribution in [-0.2, 0) is 9.53 Å². The fraction of sp³-hybridized carbons (Fsp3) is 0.897. The molecule has 1 saturated heterocycles. The minimum atomic E-state index is -0.124. The number of rotatable bonds is 4. The van der Waals surface area contributed by atoms with E-state index < -0.39 is 0 Å². The minimum Gasteiger partial charge on any atom is -0.367 e. The molecule has 2 heteroatoms. The van der Waals surface area contributed by atoms with Crippen LogP contribution in [0.4, 0.5) is 0 Å². The van der Waals surface area contributed by atoms with Crippen LogP contribution in [0.25, 0.3) is 0 Å². The van der Waals surface area contributed by atoms with E-state index in [1.54, 1.807) is 0 Å². The fourth-order valence-corrected chi connectivity index (χ4v) is 9.75. The number of Topliss-reactive ketones (excluding diaryl/α,β-unsaturated/α-hetero) is 1. The average Bonchev–Trinajstić information content (AvgIpc) is 3.15. The molecule has 4 saturated carbocycles. The molecule has 0 aromatic carbocycles. The van der Waals surface area contributed by atoms with Gasteiger partial charge in [-0.2, -0.15) is 0 Å². The van der Waals surface area contributed by atoms with Crippen LogP contribution >= 0.6 is 0 Å². The number of hydrogen-bond acceptors (Lipinski definition) is 2. The molecule has 1 aliphatic heterocycles. The number of allylic oxidation sites excluding steroid dienone is 1. The standard InChI is InChI=1S/C29H46O2/c1-18(8-13-25-27(4,5)31-25)19-14-16-28(6)20(19)9-10-22-21(28)11-12-23-26(2,3)24(30)15-17-29(22,23)7/h19-23,25H,1,8-17H2,2-7H3/t19-,20+,21-,22+,23+,25+,28+,29-/m1/s1. The lowest BCUT2D eigenvalue weighted by Crippen LogP contribution is -2.59. The lowest BCUT2D eigenvalue weighted by atomic mass is 9.40. The van der Waals surface area contributed by atoms with Crippen LogP contribution in [0.5, 0.6) is 0 Å². The molecule has 0 aromatic rings. The van der Waals surface area contributed by atoms with Gasteiger partial charge in [0.25, 0.3) is 0 Å². The van der Waals surface area contributed by atoms with E-state index >= 15 is 0 Å². The van der Waals surface area contributed by atoms with Gasteiger partial charge in [-0.3, -0.25) is 4.79 Å². The SMILES string of the molecule is C=C(CC[C@@H]1OC1(C)C)[C@H]1CC[C@]2(C)[C@@H]3CC[C@H]4C(C)(C)C(=O)CC[C@]4(C)[C@H]3CC[C@@H]12. The van der Waals surface area contributed by atoms with Crippen LogP contribution < -0.4 is 0 Å². The molecule has 174 valence electrons. The third-order valence-corrected chi connectivity index (χ3v) is 11.8. The molecule has 5 fully saturated rings. The quantitative estimate of drug-likeness (QED) is 0.347. The van der Waals surface area contributed by atoms with Gasteiger partial charge in [-0.1, -0.05) is 39.8 Å². The van der Waals surface area contributed by atoms with E-state index in [-0.39, 0.29) is 11.0 Å². The zero-order valence-corrected chi connectivity index (χ0v) is 21.1. The van der Waals surface area contributed by atoms with Gasteiger partial charge in [0.1, 0.15) is 5.78 Å². The fourth-order valence-electron chi connectivity index (χ4n) is 9.75. The maximum atomic E-state index is 12.8. The molecule has 0 unspecified atom stereocenters. The topological polar surface area (TPSA) is 29.6 Å². The number of carbonyl (C=O) groups is 1. The minimum absolute atomic E-state index is 0.103. The summed E-state index contributed by atoms with van der Waals surface area (Å²) >= 11 is 0. The third kappa shape index (κ3) is 3.17. The molecule has 0 N–H and O–H groups in total. The highest BCUT2D eigenvalue weighted by atomic mass is 16.6. The Hall–Kier alpha value is -0.630. The zero-order chi connectivity index (χ0) is 22.4. The molecule has 0 aromatic heterocycles. The summed E-state index contributed by atoms with van der Waals surface area (Å²) in [6.45, 7) is 18.8. The highest BCUT2D eigenvalue weighted by Crippen LogP contribution is 2.70. The predicted molar refractivity (Wildman–Crippen MR) is 127 cm³/mol. The van der Waals surface area contributed by atoms with Crippen molar-refractivity contribution in [3.05, 3.63) is 12.2 Å². The van der Waals surface area contributed by atoms with E-state index in [9.17, 15) is 4.79 Å². The Morgan fingerprint density at radius 1 is 0.903 bits per heavy atom. The van der Waals surface area contributed by atoms with Crippen LogP contribution in [0, 0.1) is 45.8 Å². The van der Waals surface area contributed by atoms with Crippen molar-refractivity contribution in [1.82, 2.24) is 0 Å². The molecule has 0 amide bonds. The van der Waals surface area contributed by atoms with Gasteiger partial charge in [0.05, 0.1) is 11.7 Å². The number of hydrogen-bond donors (Lipinski definition) is 0. The first kappa shape index (κ1) is 22.2. The number of fused-ring (bicyclic) bond motifs is 5. The largest absolute Gasteiger partial charge is 0.367 e. The van der Waals surface area contributed by atoms with Crippen LogP contribution in [-0.4, -0.2) is 17.5 Å². The Morgan fingerprint density at radius 3 is 2.19 bits per heavy atom. The van der Waals surface area contributed by atoms with E-state index in [0.717, 1.165) is 49.4 Å². The van der Waals surface area contributed by atoms with Gasteiger partial charge in [-0.15, -0.1) is 0 Å². The maximum Gasteiger partial charge on any atom is 0.138 e. The van der Waals surface area contributed by atoms with Crippen molar-refractivity contribution < 1.29 is 9.53 Å². The van der Waals surface area contributed by atoms with Crippen molar-refractivity contribution in [3.63, 3.8) is 0 Å². The zero-order valence-electron chi connectivity index (χ0n) is 21.1. The molecule has 0 spiro atoms. The van der Waals surface area contributed by atoms with E-state index in [2.05, 4.69) is 48.1 Å². The Labute approximate surface area is 191 Å². The molecule has 5 aliphatic rings. The number of carbonyl (C=O) groups excluding carboxylic acids is 1. The number of epoxide rings is 1. The Bertz CT molecular complexity index is 778. The first-order chi connectivity index (χ1) is 14.4. The normalized spacial score (nSPS) is 49.7. The third-order valence-electron chi connectivity index (χ3n) is 11.8. The Balaban J connectivity index is 1.32. The monoisotopic (exact) mass is 426 g/mol. The van der Waals surface area contributed by atoms with E-state index in [0.29, 0.717) is 28.6 Å². The molecule has 0 radical (unpaired) electrons. The summed E-state index contributed by atoms with van der Waals surface area (Å²) in [5, 5.41) is 0. The van der Waals surface area contributed by atoms with Crippen LogP contribution in [0.15, 0.2) is 12.2 Å². The molecular weight excluding hydrogens is 380 g/mol. The summed E-state index contributed by atoms with van der Waals surface area (Å²) in [5.74, 6) is 4.31. The lowest BCUT2D eigenvalue weighted by molar-refractivity contribution is -0.167. The first-order valence-corrected chi connectivity index (χ1v) is 13.3. The first-order valence-electron chi connectivity index (χ1n) is 13.3. The summed E-state index contributed by atoms with van der Waals surface area (Å²) in [5.41, 5.74) is 2.33. The molecular formula is C29H46O2. The van der Waals surface area contributed by atoms with Crippen LogP contribution in [0.2, 0.25) is 0 Å². The molecule has 5 rings (SSSR count). The Kier molecular flexibility index (Phi) is 4.96. The highest BCUT2D eigenvalue weighted by molar-refractivity contribution is 5.85. The molecule has 0 bridgehead atoms. The summed E-state index contributed by atoms with van der Waals surface area (Å²) in [4.78, 5) is 12.8. The number of ether oxygens (including phenoxy) is 1. The van der Waals surface area contributed by atoms with Gasteiger partial charge in [0.15, 0.2) is 0 Å². The second kappa shape index (κ2) is 6.94. The van der Waals surface area contributed by atoms with Crippen molar-refractivity contribution in [3.8, 4) is 0 Å². The van der Waals surface area contributed by atoms with E-state index in [4.69, 9.17) is 4.74 Å². The van der Waals surface area contributed by atoms with E-state index in [1.165, 1.54) is 44.1 Å². The van der Waals surface area contributed by atoms with Crippen molar-refractivity contribution in [2.45, 2.75) is 117 Å². The summed E-state index contributed by atoms with van der Waals surface area (Å²) in [6.07, 6.45) is 12.8. The summed E-state index contributed by atoms with van der Waals surface area (Å²) in [7, 11) is 0. The van der Waals surface area contributed by atoms with Crippen LogP contribution in [0.1, 0.15) is 106 Å². The second-order valence-electron chi connectivity index (χ2n) is 13.7. The van der Waals surface area contributed by atoms with Gasteiger partial charge < -0.3 is 4.74 Å². The molecule has 2 nitrogen and oxygen atoms in total. The van der Waals surface area contributed by atoms with Crippen LogP contribution in [0.3, 0.4) is 0 Å². The average molecular weight is 427 g/mol. The molecule has 31 heavy (non-hydrogen) atoms. The highest BCUT2D eigenvalue weighted by Gasteiger charge is 2.64. The van der Waals surface area contributed by atoms with Gasteiger partial charge in [0, 0.05) is 11.8 Å². The van der Waals surface area contributed by atoms with Gasteiger partial charge >= 0.3 is 0 Å². The lowest BCUT2D eigenvalue weighted by Gasteiger charge is -2.64. The van der Waals surface area contributed by atoms with Crippen molar-refractivity contribution in [1.29, 1.82) is 0 Å². The summed E-state index contributed by atoms with van der Waals surface area (Å²) in [6, 6.07) is 0. The van der Waals surface area contributed by atoms with Crippen molar-refractivity contribution in [2.24, 2.45) is 45.8 Å². The smallest absolute Gasteiger partial charge is 0.138 e. The second-order valence-corrected chi connectivity index (χ2v) is 13.7. The van der Waals surface area contributed by atoms with Gasteiger partial charge in [-0.25, -0.2) is 0 Å². The molecule has 1 heterocycles. The van der Waals surface area contributed by atoms with Crippen molar-refractivity contribution >= 4 is 5.78 Å². The van der Waals surface area contributed by atoms with Crippen molar-refractivity contribution in [2.75, 3.05) is 0 Å². The maximum absolute atomic E-state index is 12.8. The van der Waals surface area contributed by atoms with E-state index in [1.807, 2.05) is 0 Å². The molecule has 8 atom stereocenters. The summed E-state index contributed by atoms with van der Waals surface area (Å²) < 4.78 is 5.84. The predicted octanol–water partition coefficient (Wildman–Crippen LogP) is 7.36. The Morgan fingerprint density at radius 2 is 1.52 bits per heavy atom.